The first-order valence-electron chi connectivity index (χ1n) is 3.26. The molecule has 9 heavy (non-hydrogen) atoms. The molecule has 0 aromatic heterocycles. The molecule has 0 N–H and O–H groups in total. The van der Waals surface area contributed by atoms with E-state index in [-0.39, 0.29) is 17.0 Å². The van der Waals surface area contributed by atoms with E-state index in [2.05, 4.69) is 6.92 Å². The first-order chi connectivity index (χ1) is 3.77. The Morgan fingerprint density at radius 1 is 1.33 bits per heavy atom. The SMILES string of the molecule is Br.CCCCCC(C)=O. The Bertz CT molecular complexity index is 71.3. The van der Waals surface area contributed by atoms with E-state index in [4.69, 9.17) is 0 Å². The van der Waals surface area contributed by atoms with Crippen LogP contribution in [0, 0.1) is 0 Å². The van der Waals surface area contributed by atoms with Gasteiger partial charge in [-0.2, -0.15) is 0 Å². The van der Waals surface area contributed by atoms with Crippen LogP contribution in [0.4, 0.5) is 0 Å². The molecular weight excluding hydrogens is 180 g/mol. The highest BCUT2D eigenvalue weighted by Crippen LogP contribution is 1.98. The Hall–Kier alpha value is 0.150. The second-order valence-electron chi connectivity index (χ2n) is 2.16. The zero-order valence-electron chi connectivity index (χ0n) is 6.14. The van der Waals surface area contributed by atoms with Crippen molar-refractivity contribution in [1.82, 2.24) is 0 Å². The summed E-state index contributed by atoms with van der Waals surface area (Å²) < 4.78 is 0. The lowest BCUT2D eigenvalue weighted by molar-refractivity contribution is -0.117. The summed E-state index contributed by atoms with van der Waals surface area (Å²) in [6, 6.07) is 0. The summed E-state index contributed by atoms with van der Waals surface area (Å²) in [5.74, 6) is 0.318. The van der Waals surface area contributed by atoms with E-state index in [0.29, 0.717) is 5.78 Å². The molecule has 0 spiro atoms. The molecule has 0 bridgehead atoms. The molecule has 0 aromatic rings. The van der Waals surface area contributed by atoms with Gasteiger partial charge in [0.25, 0.3) is 0 Å². The Morgan fingerprint density at radius 3 is 2.22 bits per heavy atom. The Morgan fingerprint density at radius 2 is 1.89 bits per heavy atom. The van der Waals surface area contributed by atoms with Gasteiger partial charge in [-0.25, -0.2) is 0 Å². The third kappa shape index (κ3) is 11.6. The molecule has 1 nitrogen and oxygen atoms in total. The van der Waals surface area contributed by atoms with E-state index in [1.807, 2.05) is 0 Å². The molecule has 0 radical (unpaired) electrons. The van der Waals surface area contributed by atoms with Gasteiger partial charge in [0, 0.05) is 6.42 Å². The summed E-state index contributed by atoms with van der Waals surface area (Å²) in [5, 5.41) is 0. The van der Waals surface area contributed by atoms with Crippen molar-refractivity contribution in [1.29, 1.82) is 0 Å². The highest BCUT2D eigenvalue weighted by molar-refractivity contribution is 8.93. The van der Waals surface area contributed by atoms with Crippen LogP contribution < -0.4 is 0 Å². The molecule has 0 aliphatic heterocycles. The Labute approximate surface area is 67.6 Å². The average molecular weight is 195 g/mol. The van der Waals surface area contributed by atoms with E-state index in [9.17, 15) is 4.79 Å². The number of ketones is 1. The minimum Gasteiger partial charge on any atom is -0.300 e. The van der Waals surface area contributed by atoms with Gasteiger partial charge < -0.3 is 4.79 Å². The molecule has 0 aliphatic rings. The number of hydrogen-bond acceptors (Lipinski definition) is 1. The fraction of sp³-hybridized carbons (Fsp3) is 0.857. The van der Waals surface area contributed by atoms with Gasteiger partial charge in [-0.3, -0.25) is 0 Å². The second kappa shape index (κ2) is 8.15. The summed E-state index contributed by atoms with van der Waals surface area (Å²) in [6.07, 6.45) is 4.24. The summed E-state index contributed by atoms with van der Waals surface area (Å²) in [4.78, 5) is 10.3. The third-order valence-electron chi connectivity index (χ3n) is 1.13. The van der Waals surface area contributed by atoms with Gasteiger partial charge >= 0.3 is 0 Å². The quantitative estimate of drug-likeness (QED) is 0.630. The van der Waals surface area contributed by atoms with E-state index < -0.39 is 0 Å². The molecule has 56 valence electrons. The molecule has 0 fully saturated rings. The van der Waals surface area contributed by atoms with Gasteiger partial charge in [0.1, 0.15) is 5.78 Å². The van der Waals surface area contributed by atoms with Crippen molar-refractivity contribution < 1.29 is 4.79 Å². The predicted octanol–water partition coefficient (Wildman–Crippen LogP) is 2.73. The summed E-state index contributed by atoms with van der Waals surface area (Å²) >= 11 is 0. The largest absolute Gasteiger partial charge is 0.300 e. The van der Waals surface area contributed by atoms with E-state index in [0.717, 1.165) is 12.8 Å². The molecule has 0 aliphatic carbocycles. The number of carbonyl (C=O) groups is 1. The van der Waals surface area contributed by atoms with Gasteiger partial charge in [-0.1, -0.05) is 19.8 Å². The van der Waals surface area contributed by atoms with Crippen molar-refractivity contribution in [2.24, 2.45) is 0 Å². The third-order valence-corrected chi connectivity index (χ3v) is 1.13. The number of rotatable bonds is 4. The lowest BCUT2D eigenvalue weighted by Gasteiger charge is -1.90. The van der Waals surface area contributed by atoms with Crippen LogP contribution in [0.5, 0.6) is 0 Å². The maximum atomic E-state index is 10.3. The standard InChI is InChI=1S/C7H14O.BrH/c1-3-4-5-6-7(2)8;/h3-6H2,1-2H3;1H. The van der Waals surface area contributed by atoms with Crippen LogP contribution in [0.25, 0.3) is 0 Å². The van der Waals surface area contributed by atoms with Crippen LogP contribution in [0.1, 0.15) is 39.5 Å². The fourth-order valence-electron chi connectivity index (χ4n) is 0.624. The summed E-state index contributed by atoms with van der Waals surface area (Å²) in [7, 11) is 0. The average Bonchev–Trinajstić information content (AvgIpc) is 1.66. The summed E-state index contributed by atoms with van der Waals surface area (Å²) in [5.41, 5.74) is 0. The second-order valence-corrected chi connectivity index (χ2v) is 2.16. The van der Waals surface area contributed by atoms with Crippen LogP contribution in [0.2, 0.25) is 0 Å². The maximum absolute atomic E-state index is 10.3. The fourth-order valence-corrected chi connectivity index (χ4v) is 0.624. The lowest BCUT2D eigenvalue weighted by Crippen LogP contribution is -1.87. The highest BCUT2D eigenvalue weighted by Gasteiger charge is 1.89. The minimum absolute atomic E-state index is 0. The number of halogens is 1. The molecule has 0 heterocycles. The molecule has 0 saturated heterocycles. The first kappa shape index (κ1) is 11.9. The van der Waals surface area contributed by atoms with Crippen molar-refractivity contribution >= 4 is 22.8 Å². The zero-order valence-corrected chi connectivity index (χ0v) is 7.86. The van der Waals surface area contributed by atoms with Crippen molar-refractivity contribution in [3.8, 4) is 0 Å². The highest BCUT2D eigenvalue weighted by atomic mass is 79.9. The molecule has 0 saturated carbocycles. The van der Waals surface area contributed by atoms with Crippen molar-refractivity contribution in [2.75, 3.05) is 0 Å². The smallest absolute Gasteiger partial charge is 0.129 e. The van der Waals surface area contributed by atoms with Crippen molar-refractivity contribution in [2.45, 2.75) is 39.5 Å². The molecular formula is C7H15BrO. The van der Waals surface area contributed by atoms with E-state index >= 15 is 0 Å². The number of carbonyl (C=O) groups excluding carboxylic acids is 1. The molecule has 2 heteroatoms. The van der Waals surface area contributed by atoms with Gasteiger partial charge in [-0.15, -0.1) is 17.0 Å². The van der Waals surface area contributed by atoms with Crippen LogP contribution in [-0.2, 0) is 4.79 Å². The van der Waals surface area contributed by atoms with Crippen LogP contribution >= 0.6 is 17.0 Å². The maximum Gasteiger partial charge on any atom is 0.129 e. The number of unbranched alkanes of at least 4 members (excludes halogenated alkanes) is 2. The van der Waals surface area contributed by atoms with Crippen molar-refractivity contribution in [3.63, 3.8) is 0 Å². The monoisotopic (exact) mass is 194 g/mol. The van der Waals surface area contributed by atoms with Gasteiger partial charge in [-0.05, 0) is 13.3 Å². The minimum atomic E-state index is 0. The number of Topliss-reactive ketones (excluding diaryl/α,β-unsaturated/α-hetero) is 1. The Balaban J connectivity index is 0. The Kier molecular flexibility index (Phi) is 10.8. The van der Waals surface area contributed by atoms with Gasteiger partial charge in [0.05, 0.1) is 0 Å². The van der Waals surface area contributed by atoms with Gasteiger partial charge in [0.15, 0.2) is 0 Å². The van der Waals surface area contributed by atoms with Crippen LogP contribution in [0.3, 0.4) is 0 Å². The zero-order chi connectivity index (χ0) is 6.41. The molecule has 0 rings (SSSR count). The molecule has 0 amide bonds. The van der Waals surface area contributed by atoms with E-state index in [1.54, 1.807) is 6.92 Å². The predicted molar refractivity (Wildman–Crippen MR) is 45.1 cm³/mol. The summed E-state index contributed by atoms with van der Waals surface area (Å²) in [6.45, 7) is 3.79. The van der Waals surface area contributed by atoms with Gasteiger partial charge in [0.2, 0.25) is 0 Å². The topological polar surface area (TPSA) is 17.1 Å². The van der Waals surface area contributed by atoms with E-state index in [1.165, 1.54) is 12.8 Å². The molecule has 0 unspecified atom stereocenters. The lowest BCUT2D eigenvalue weighted by atomic mass is 10.2. The van der Waals surface area contributed by atoms with Crippen LogP contribution in [0.15, 0.2) is 0 Å². The molecule has 0 atom stereocenters. The first-order valence-corrected chi connectivity index (χ1v) is 3.26. The normalized spacial score (nSPS) is 8.22. The van der Waals surface area contributed by atoms with Crippen LogP contribution in [-0.4, -0.2) is 5.78 Å². The molecule has 0 aromatic carbocycles. The van der Waals surface area contributed by atoms with Crippen molar-refractivity contribution in [3.05, 3.63) is 0 Å². The number of hydrogen-bond donors (Lipinski definition) is 0.